The van der Waals surface area contributed by atoms with E-state index in [4.69, 9.17) is 12.2 Å². The van der Waals surface area contributed by atoms with Crippen molar-refractivity contribution in [3.05, 3.63) is 39.4 Å². The van der Waals surface area contributed by atoms with Crippen LogP contribution in [-0.2, 0) is 11.3 Å². The van der Waals surface area contributed by atoms with E-state index in [9.17, 15) is 9.59 Å². The van der Waals surface area contributed by atoms with Gasteiger partial charge in [-0.2, -0.15) is 0 Å². The summed E-state index contributed by atoms with van der Waals surface area (Å²) in [5.74, 6) is 0.635. The molecule has 6 heteroatoms. The molecule has 1 saturated heterocycles. The summed E-state index contributed by atoms with van der Waals surface area (Å²) in [6.07, 6.45) is 3.68. The number of nitrogens with one attached hydrogen (secondary N) is 1. The van der Waals surface area contributed by atoms with Crippen LogP contribution in [0.25, 0.3) is 10.9 Å². The summed E-state index contributed by atoms with van der Waals surface area (Å²) in [4.78, 5) is 30.5. The summed E-state index contributed by atoms with van der Waals surface area (Å²) < 4.78 is 1.87. The molecule has 1 aliphatic heterocycles. The molecule has 1 amide bonds. The minimum atomic E-state index is -0.135. The van der Waals surface area contributed by atoms with Crippen LogP contribution in [0.15, 0.2) is 29.1 Å². The van der Waals surface area contributed by atoms with Crippen LogP contribution in [0.1, 0.15) is 39.5 Å². The van der Waals surface area contributed by atoms with Crippen LogP contribution in [-0.4, -0.2) is 32.9 Å². The molecule has 0 spiro atoms. The van der Waals surface area contributed by atoms with Gasteiger partial charge in [0, 0.05) is 25.6 Å². The summed E-state index contributed by atoms with van der Waals surface area (Å²) in [6.45, 7) is 5.43. The minimum absolute atomic E-state index is 0.107. The van der Waals surface area contributed by atoms with Crippen molar-refractivity contribution in [1.29, 1.82) is 0 Å². The Morgan fingerprint density at radius 1 is 1.28 bits per heavy atom. The second kappa shape index (κ2) is 7.52. The maximum atomic E-state index is 12.7. The van der Waals surface area contributed by atoms with Gasteiger partial charge >= 0.3 is 0 Å². The topological polar surface area (TPSA) is 58.1 Å². The molecule has 1 N–H and O–H groups in total. The molecule has 1 aromatic heterocycles. The van der Waals surface area contributed by atoms with Crippen LogP contribution < -0.4 is 5.56 Å². The summed E-state index contributed by atoms with van der Waals surface area (Å²) in [5, 5.41) is 0.598. The maximum absolute atomic E-state index is 12.7. The number of likely N-dealkylation sites (tertiary alicyclic amines) is 1. The van der Waals surface area contributed by atoms with Gasteiger partial charge in [0.25, 0.3) is 5.56 Å². The first-order chi connectivity index (χ1) is 12.0. The zero-order chi connectivity index (χ0) is 18.0. The third kappa shape index (κ3) is 3.84. The number of H-pyrrole nitrogens is 1. The predicted octanol–water partition coefficient (Wildman–Crippen LogP) is 3.49. The minimum Gasteiger partial charge on any atom is -0.340 e. The lowest BCUT2D eigenvalue weighted by Crippen LogP contribution is -2.40. The first kappa shape index (κ1) is 17.9. The van der Waals surface area contributed by atoms with Gasteiger partial charge in [-0.3, -0.25) is 14.2 Å². The summed E-state index contributed by atoms with van der Waals surface area (Å²) in [7, 11) is 0. The molecule has 3 rings (SSSR count). The zero-order valence-electron chi connectivity index (χ0n) is 14.8. The maximum Gasteiger partial charge on any atom is 0.262 e. The molecular weight excluding hydrogens is 334 g/mol. The van der Waals surface area contributed by atoms with Crippen molar-refractivity contribution >= 4 is 29.0 Å². The highest BCUT2D eigenvalue weighted by Gasteiger charge is 2.24. The summed E-state index contributed by atoms with van der Waals surface area (Å²) in [6, 6.07) is 7.57. The monoisotopic (exact) mass is 359 g/mol. The summed E-state index contributed by atoms with van der Waals surface area (Å²) in [5.41, 5.74) is 0.597. The van der Waals surface area contributed by atoms with Crippen molar-refractivity contribution in [3.8, 4) is 0 Å². The molecular formula is C19H25N3O2S. The second-order valence-corrected chi connectivity index (χ2v) is 7.50. The molecule has 0 radical (unpaired) electrons. The van der Waals surface area contributed by atoms with Gasteiger partial charge in [0.1, 0.15) is 0 Å². The molecule has 2 atom stereocenters. The van der Waals surface area contributed by atoms with E-state index in [0.29, 0.717) is 29.0 Å². The summed E-state index contributed by atoms with van der Waals surface area (Å²) >= 11 is 5.32. The van der Waals surface area contributed by atoms with E-state index in [-0.39, 0.29) is 17.5 Å². The molecule has 25 heavy (non-hydrogen) atoms. The van der Waals surface area contributed by atoms with E-state index in [1.54, 1.807) is 6.07 Å². The van der Waals surface area contributed by atoms with E-state index in [1.807, 2.05) is 23.1 Å². The third-order valence-corrected chi connectivity index (χ3v) is 5.44. The van der Waals surface area contributed by atoms with Gasteiger partial charge in [0.05, 0.1) is 10.9 Å². The fourth-order valence-electron chi connectivity index (χ4n) is 3.63. The molecule has 1 aromatic carbocycles. The largest absolute Gasteiger partial charge is 0.340 e. The van der Waals surface area contributed by atoms with Gasteiger partial charge in [-0.1, -0.05) is 25.5 Å². The Bertz CT molecular complexity index is 886. The van der Waals surface area contributed by atoms with Crippen molar-refractivity contribution < 1.29 is 4.79 Å². The fraction of sp³-hybridized carbons (Fsp3) is 0.526. The Labute approximate surface area is 152 Å². The number of carbonyl (C=O) groups is 1. The normalized spacial score (nSPS) is 21.3. The highest BCUT2D eigenvalue weighted by atomic mass is 32.1. The lowest BCUT2D eigenvalue weighted by molar-refractivity contribution is -0.133. The van der Waals surface area contributed by atoms with Crippen LogP contribution in [0.5, 0.6) is 0 Å². The van der Waals surface area contributed by atoms with Crippen LogP contribution in [0.3, 0.4) is 0 Å². The highest BCUT2D eigenvalue weighted by Crippen LogP contribution is 2.21. The Kier molecular flexibility index (Phi) is 5.37. The molecule has 134 valence electrons. The SMILES string of the molecule is C[C@H]1CCC[C@H](C)N(C(=O)CCn2c(=S)[nH]c3ccccc3c2=O)C1. The number of hydrogen-bond acceptors (Lipinski definition) is 3. The van der Waals surface area contributed by atoms with Gasteiger partial charge in [0.15, 0.2) is 4.77 Å². The van der Waals surface area contributed by atoms with E-state index < -0.39 is 0 Å². The van der Waals surface area contributed by atoms with E-state index in [1.165, 1.54) is 17.4 Å². The molecule has 0 bridgehead atoms. The number of para-hydroxylation sites is 1. The van der Waals surface area contributed by atoms with Crippen molar-refractivity contribution in [2.24, 2.45) is 5.92 Å². The fourth-order valence-corrected chi connectivity index (χ4v) is 3.91. The van der Waals surface area contributed by atoms with E-state index in [2.05, 4.69) is 18.8 Å². The first-order valence-corrected chi connectivity index (χ1v) is 9.39. The first-order valence-electron chi connectivity index (χ1n) is 8.98. The number of amides is 1. The molecule has 0 saturated carbocycles. The molecule has 0 aliphatic carbocycles. The van der Waals surface area contributed by atoms with Crippen LogP contribution in [0.2, 0.25) is 0 Å². The standard InChI is InChI=1S/C19H25N3O2S/c1-13-6-5-7-14(2)22(12-13)17(23)10-11-21-18(24)15-8-3-4-9-16(15)20-19(21)25/h3-4,8-9,13-14H,5-7,10-12H2,1-2H3,(H,20,25)/t13-,14-/m0/s1. The Morgan fingerprint density at radius 3 is 2.84 bits per heavy atom. The molecule has 5 nitrogen and oxygen atoms in total. The third-order valence-electron chi connectivity index (χ3n) is 5.12. The molecule has 1 fully saturated rings. The molecule has 1 aliphatic rings. The lowest BCUT2D eigenvalue weighted by atomic mass is 10.1. The number of rotatable bonds is 3. The number of hydrogen-bond donors (Lipinski definition) is 1. The van der Waals surface area contributed by atoms with Crippen molar-refractivity contribution in [2.75, 3.05) is 6.54 Å². The van der Waals surface area contributed by atoms with Crippen molar-refractivity contribution in [2.45, 2.75) is 52.1 Å². The van der Waals surface area contributed by atoms with Crippen molar-refractivity contribution in [3.63, 3.8) is 0 Å². The lowest BCUT2D eigenvalue weighted by Gasteiger charge is -2.29. The number of aromatic amines is 1. The van der Waals surface area contributed by atoms with Gasteiger partial charge in [0.2, 0.25) is 5.91 Å². The quantitative estimate of drug-likeness (QED) is 0.854. The van der Waals surface area contributed by atoms with Crippen molar-refractivity contribution in [1.82, 2.24) is 14.5 Å². The van der Waals surface area contributed by atoms with Gasteiger partial charge in [-0.25, -0.2) is 0 Å². The van der Waals surface area contributed by atoms with Crippen LogP contribution >= 0.6 is 12.2 Å². The number of carbonyl (C=O) groups excluding carboxylic acids is 1. The number of fused-ring (bicyclic) bond motifs is 1. The van der Waals surface area contributed by atoms with Crippen LogP contribution in [0, 0.1) is 10.7 Å². The number of nitrogens with zero attached hydrogens (tertiary/aromatic N) is 2. The molecule has 0 unspecified atom stereocenters. The van der Waals surface area contributed by atoms with E-state index in [0.717, 1.165) is 18.5 Å². The zero-order valence-corrected chi connectivity index (χ0v) is 15.6. The molecule has 2 aromatic rings. The Morgan fingerprint density at radius 2 is 2.04 bits per heavy atom. The average Bonchev–Trinajstić information content (AvgIpc) is 2.75. The van der Waals surface area contributed by atoms with Gasteiger partial charge in [-0.05, 0) is 50.0 Å². The van der Waals surface area contributed by atoms with Gasteiger partial charge in [-0.15, -0.1) is 0 Å². The van der Waals surface area contributed by atoms with E-state index >= 15 is 0 Å². The highest BCUT2D eigenvalue weighted by molar-refractivity contribution is 7.71. The predicted molar refractivity (Wildman–Crippen MR) is 102 cm³/mol. The number of aromatic nitrogens is 2. The Hall–Kier alpha value is -1.95. The second-order valence-electron chi connectivity index (χ2n) is 7.11. The average molecular weight is 359 g/mol. The number of benzene rings is 1. The molecule has 2 heterocycles. The smallest absolute Gasteiger partial charge is 0.262 e. The van der Waals surface area contributed by atoms with Gasteiger partial charge < -0.3 is 9.88 Å². The van der Waals surface area contributed by atoms with Crippen LogP contribution in [0.4, 0.5) is 0 Å². The Balaban J connectivity index is 1.79.